The molecule has 0 N–H and O–H groups in total. The summed E-state index contributed by atoms with van der Waals surface area (Å²) >= 11 is 0. The van der Waals surface area contributed by atoms with Gasteiger partial charge in [-0.1, -0.05) is 77.4 Å². The fourth-order valence-electron chi connectivity index (χ4n) is 1.89. The van der Waals surface area contributed by atoms with Crippen LogP contribution in [0.25, 0.3) is 0 Å². The summed E-state index contributed by atoms with van der Waals surface area (Å²) < 4.78 is 0. The predicted octanol–water partition coefficient (Wildman–Crippen LogP) is 6.08. The van der Waals surface area contributed by atoms with E-state index in [1.807, 2.05) is 0 Å². The molecule has 0 heteroatoms. The van der Waals surface area contributed by atoms with E-state index in [2.05, 4.69) is 26.0 Å². The van der Waals surface area contributed by atoms with Crippen molar-refractivity contribution in [2.45, 2.75) is 84.0 Å². The molecule has 0 unspecified atom stereocenters. The zero-order valence-corrected chi connectivity index (χ0v) is 11.3. The van der Waals surface area contributed by atoms with Gasteiger partial charge < -0.3 is 0 Å². The molecular weight excluding hydrogens is 192 g/mol. The summed E-state index contributed by atoms with van der Waals surface area (Å²) in [5, 5.41) is 0. The van der Waals surface area contributed by atoms with Crippen molar-refractivity contribution < 1.29 is 0 Å². The minimum Gasteiger partial charge on any atom is -0.0885 e. The molecule has 0 aliphatic heterocycles. The Labute approximate surface area is 104 Å². The third-order valence-corrected chi connectivity index (χ3v) is 3.01. The molecule has 0 saturated heterocycles. The van der Waals surface area contributed by atoms with Crippen LogP contribution in [0.3, 0.4) is 0 Å². The van der Waals surface area contributed by atoms with Crippen molar-refractivity contribution in [3.63, 3.8) is 0 Å². The largest absolute Gasteiger partial charge is 0.0885 e. The first-order valence-corrected chi connectivity index (χ1v) is 7.36. The van der Waals surface area contributed by atoms with Gasteiger partial charge in [0.2, 0.25) is 0 Å². The van der Waals surface area contributed by atoms with E-state index in [1.54, 1.807) is 0 Å². The van der Waals surface area contributed by atoms with Crippen molar-refractivity contribution in [2.24, 2.45) is 0 Å². The van der Waals surface area contributed by atoms with Crippen LogP contribution in [0.4, 0.5) is 0 Å². The van der Waals surface area contributed by atoms with E-state index in [0.29, 0.717) is 0 Å². The van der Waals surface area contributed by atoms with Gasteiger partial charge in [-0.05, 0) is 25.7 Å². The summed E-state index contributed by atoms with van der Waals surface area (Å²) in [6.07, 6.45) is 20.9. The van der Waals surface area contributed by atoms with Gasteiger partial charge in [0.15, 0.2) is 0 Å². The van der Waals surface area contributed by atoms with Crippen LogP contribution in [0.2, 0.25) is 0 Å². The molecule has 0 amide bonds. The molecule has 1 radical (unpaired) electrons. The molecule has 0 saturated carbocycles. The highest BCUT2D eigenvalue weighted by Crippen LogP contribution is 2.08. The first-order chi connectivity index (χ1) is 7.91. The Morgan fingerprint density at radius 2 is 1.19 bits per heavy atom. The van der Waals surface area contributed by atoms with Crippen molar-refractivity contribution in [1.82, 2.24) is 0 Å². The Bertz CT molecular complexity index is 135. The normalized spacial score (nSPS) is 11.4. The molecule has 0 aromatic carbocycles. The highest BCUT2D eigenvalue weighted by Gasteiger charge is 1.88. The quantitative estimate of drug-likeness (QED) is 0.278. The van der Waals surface area contributed by atoms with E-state index in [1.165, 1.54) is 70.6 Å². The van der Waals surface area contributed by atoms with Crippen LogP contribution in [-0.4, -0.2) is 0 Å². The lowest BCUT2D eigenvalue weighted by molar-refractivity contribution is 0.620. The number of unbranched alkanes of at least 4 members (excludes halogenated alkanes) is 10. The summed E-state index contributed by atoms with van der Waals surface area (Å²) in [5.41, 5.74) is 0. The van der Waals surface area contributed by atoms with E-state index >= 15 is 0 Å². The Kier molecular flexibility index (Phi) is 14.5. The Morgan fingerprint density at radius 1 is 0.688 bits per heavy atom. The molecular formula is C16H31. The second kappa shape index (κ2) is 14.7. The maximum atomic E-state index is 3.86. The van der Waals surface area contributed by atoms with Crippen molar-refractivity contribution in [3.05, 3.63) is 19.1 Å². The van der Waals surface area contributed by atoms with Crippen LogP contribution >= 0.6 is 0 Å². The van der Waals surface area contributed by atoms with Gasteiger partial charge in [0.1, 0.15) is 0 Å². The molecule has 0 aliphatic rings. The summed E-state index contributed by atoms with van der Waals surface area (Å²) in [6.45, 7) is 6.13. The molecule has 95 valence electrons. The van der Waals surface area contributed by atoms with E-state index in [9.17, 15) is 0 Å². The standard InChI is InChI=1S/C16H31/c1-3-5-7-9-11-13-15-16-14-12-10-8-6-4-2/h14,16H,1,3-13,15H2,2H3/b16-14-. The zero-order chi connectivity index (χ0) is 11.9. The topological polar surface area (TPSA) is 0 Å². The van der Waals surface area contributed by atoms with Gasteiger partial charge in [-0.25, -0.2) is 0 Å². The Morgan fingerprint density at radius 3 is 1.75 bits per heavy atom. The average molecular weight is 223 g/mol. The first kappa shape index (κ1) is 15.7. The SMILES string of the molecule is [CH2]CCCCCCC/C=C\CCCCCC. The fraction of sp³-hybridized carbons (Fsp3) is 0.812. The minimum atomic E-state index is 1.11. The molecule has 0 spiro atoms. The van der Waals surface area contributed by atoms with Crippen LogP contribution < -0.4 is 0 Å². The lowest BCUT2D eigenvalue weighted by Crippen LogP contribution is -1.78. The van der Waals surface area contributed by atoms with Crippen molar-refractivity contribution in [1.29, 1.82) is 0 Å². The van der Waals surface area contributed by atoms with Gasteiger partial charge in [0, 0.05) is 0 Å². The van der Waals surface area contributed by atoms with E-state index in [0.717, 1.165) is 6.42 Å². The second-order valence-corrected chi connectivity index (χ2v) is 4.73. The average Bonchev–Trinajstić information content (AvgIpc) is 2.31. The number of rotatable bonds is 12. The van der Waals surface area contributed by atoms with Gasteiger partial charge in [0.25, 0.3) is 0 Å². The summed E-state index contributed by atoms with van der Waals surface area (Å²) in [7, 11) is 0. The van der Waals surface area contributed by atoms with Crippen LogP contribution in [0.1, 0.15) is 84.0 Å². The van der Waals surface area contributed by atoms with Crippen molar-refractivity contribution >= 4 is 0 Å². The second-order valence-electron chi connectivity index (χ2n) is 4.73. The molecule has 0 atom stereocenters. The van der Waals surface area contributed by atoms with Crippen molar-refractivity contribution in [3.8, 4) is 0 Å². The predicted molar refractivity (Wildman–Crippen MR) is 75.6 cm³/mol. The summed E-state index contributed by atoms with van der Waals surface area (Å²) in [4.78, 5) is 0. The molecule has 0 aliphatic carbocycles. The lowest BCUT2D eigenvalue weighted by Gasteiger charge is -1.98. The molecule has 16 heavy (non-hydrogen) atoms. The highest BCUT2D eigenvalue weighted by atomic mass is 13.9. The monoisotopic (exact) mass is 223 g/mol. The summed E-state index contributed by atoms with van der Waals surface area (Å²) in [6, 6.07) is 0. The minimum absolute atomic E-state index is 1.11. The van der Waals surface area contributed by atoms with Crippen LogP contribution in [-0.2, 0) is 0 Å². The Balaban J connectivity index is 2.98. The molecule has 0 rings (SSSR count). The molecule has 0 nitrogen and oxygen atoms in total. The maximum Gasteiger partial charge on any atom is -0.0351 e. The number of hydrogen-bond donors (Lipinski definition) is 0. The zero-order valence-electron chi connectivity index (χ0n) is 11.3. The fourth-order valence-corrected chi connectivity index (χ4v) is 1.89. The molecule has 0 fully saturated rings. The summed E-state index contributed by atoms with van der Waals surface area (Å²) in [5.74, 6) is 0. The van der Waals surface area contributed by atoms with Crippen LogP contribution in [0.5, 0.6) is 0 Å². The van der Waals surface area contributed by atoms with Crippen LogP contribution in [0, 0.1) is 6.92 Å². The maximum absolute atomic E-state index is 3.86. The van der Waals surface area contributed by atoms with Gasteiger partial charge in [-0.2, -0.15) is 0 Å². The lowest BCUT2D eigenvalue weighted by atomic mass is 10.1. The highest BCUT2D eigenvalue weighted by molar-refractivity contribution is 4.81. The van der Waals surface area contributed by atoms with Gasteiger partial charge in [0.05, 0.1) is 0 Å². The van der Waals surface area contributed by atoms with Gasteiger partial charge in [-0.15, -0.1) is 0 Å². The number of hydrogen-bond acceptors (Lipinski definition) is 0. The van der Waals surface area contributed by atoms with Crippen molar-refractivity contribution in [2.75, 3.05) is 0 Å². The molecule has 0 heterocycles. The van der Waals surface area contributed by atoms with Gasteiger partial charge in [-0.3, -0.25) is 0 Å². The van der Waals surface area contributed by atoms with E-state index in [4.69, 9.17) is 0 Å². The third kappa shape index (κ3) is 13.7. The molecule has 0 bridgehead atoms. The molecule has 0 aromatic rings. The Hall–Kier alpha value is -0.260. The third-order valence-electron chi connectivity index (χ3n) is 3.01. The smallest absolute Gasteiger partial charge is 0.0351 e. The number of allylic oxidation sites excluding steroid dienone is 2. The van der Waals surface area contributed by atoms with Gasteiger partial charge >= 0.3 is 0 Å². The molecule has 0 aromatic heterocycles. The van der Waals surface area contributed by atoms with Crippen LogP contribution in [0.15, 0.2) is 12.2 Å². The first-order valence-electron chi connectivity index (χ1n) is 7.36. The van der Waals surface area contributed by atoms with E-state index in [-0.39, 0.29) is 0 Å². The van der Waals surface area contributed by atoms with E-state index < -0.39 is 0 Å².